The molecule has 1 heterocycles. The number of hydrogen-bond donors (Lipinski definition) is 2. The molecule has 0 aliphatic carbocycles. The van der Waals surface area contributed by atoms with E-state index in [2.05, 4.69) is 5.32 Å². The summed E-state index contributed by atoms with van der Waals surface area (Å²) in [4.78, 5) is 23.6. The highest BCUT2D eigenvalue weighted by Crippen LogP contribution is 2.28. The molecule has 2 amide bonds. The Labute approximate surface area is 89.4 Å². The average Bonchev–Trinajstić information content (AvgIpc) is 2.08. The van der Waals surface area contributed by atoms with Gasteiger partial charge >= 0.3 is 0 Å². The van der Waals surface area contributed by atoms with Crippen molar-refractivity contribution in [3.8, 4) is 0 Å². The Bertz CT molecular complexity index is 270. The van der Waals surface area contributed by atoms with Gasteiger partial charge in [-0.05, 0) is 5.92 Å². The molecule has 15 heavy (non-hydrogen) atoms. The summed E-state index contributed by atoms with van der Waals surface area (Å²) in [6.45, 7) is 5.97. The lowest BCUT2D eigenvalue weighted by molar-refractivity contribution is -0.163. The van der Waals surface area contributed by atoms with E-state index in [1.807, 2.05) is 13.8 Å². The molecule has 2 N–H and O–H groups in total. The van der Waals surface area contributed by atoms with Crippen LogP contribution in [0.25, 0.3) is 0 Å². The van der Waals surface area contributed by atoms with E-state index >= 15 is 0 Å². The monoisotopic (exact) mass is 214 g/mol. The molecule has 0 saturated carbocycles. The van der Waals surface area contributed by atoms with E-state index in [0.29, 0.717) is 13.1 Å². The normalized spacial score (nSPS) is 18.6. The van der Waals surface area contributed by atoms with Crippen molar-refractivity contribution in [2.45, 2.75) is 26.4 Å². The van der Waals surface area contributed by atoms with Crippen LogP contribution in [0.4, 0.5) is 0 Å². The minimum absolute atomic E-state index is 0.0174. The van der Waals surface area contributed by atoms with Crippen molar-refractivity contribution in [3.63, 3.8) is 0 Å². The predicted octanol–water partition coefficient (Wildman–Crippen LogP) is -0.648. The van der Waals surface area contributed by atoms with Gasteiger partial charge in [0.1, 0.15) is 5.60 Å². The number of likely N-dealkylation sites (tertiary alicyclic amines) is 1. The van der Waals surface area contributed by atoms with Crippen LogP contribution in [0.5, 0.6) is 0 Å². The van der Waals surface area contributed by atoms with Crippen LogP contribution in [0.15, 0.2) is 0 Å². The van der Waals surface area contributed by atoms with Gasteiger partial charge in [0.25, 0.3) is 0 Å². The fourth-order valence-electron chi connectivity index (χ4n) is 1.47. The fraction of sp³-hybridized carbons (Fsp3) is 0.800. The Morgan fingerprint density at radius 3 is 2.40 bits per heavy atom. The van der Waals surface area contributed by atoms with E-state index in [9.17, 15) is 14.7 Å². The maximum Gasteiger partial charge on any atom is 0.242 e. The van der Waals surface area contributed by atoms with Gasteiger partial charge in [0.15, 0.2) is 0 Å². The predicted molar refractivity (Wildman–Crippen MR) is 55.1 cm³/mol. The second kappa shape index (κ2) is 4.18. The Hall–Kier alpha value is -1.10. The molecule has 0 aromatic carbocycles. The first-order chi connectivity index (χ1) is 6.85. The number of hydrogen-bond acceptors (Lipinski definition) is 3. The molecule has 0 atom stereocenters. The molecular weight excluding hydrogens is 196 g/mol. The third-order valence-electron chi connectivity index (χ3n) is 2.85. The van der Waals surface area contributed by atoms with Crippen molar-refractivity contribution < 1.29 is 14.7 Å². The summed E-state index contributed by atoms with van der Waals surface area (Å²) in [5, 5.41) is 12.3. The van der Waals surface area contributed by atoms with Crippen LogP contribution in [0.2, 0.25) is 0 Å². The summed E-state index contributed by atoms with van der Waals surface area (Å²) in [6.07, 6.45) is 0. The van der Waals surface area contributed by atoms with E-state index in [1.165, 1.54) is 6.92 Å². The third kappa shape index (κ3) is 2.68. The average molecular weight is 214 g/mol. The van der Waals surface area contributed by atoms with Gasteiger partial charge in [-0.2, -0.15) is 0 Å². The van der Waals surface area contributed by atoms with Crippen molar-refractivity contribution in [3.05, 3.63) is 0 Å². The van der Waals surface area contributed by atoms with Crippen molar-refractivity contribution in [2.75, 3.05) is 19.6 Å². The summed E-state index contributed by atoms with van der Waals surface area (Å²) in [7, 11) is 0. The SMILES string of the molecule is CC(=O)NCC(=O)N1CC(O)(C(C)C)C1. The van der Waals surface area contributed by atoms with Crippen LogP contribution < -0.4 is 5.32 Å². The van der Waals surface area contributed by atoms with Gasteiger partial charge < -0.3 is 15.3 Å². The molecule has 1 rings (SSSR count). The summed E-state index contributed by atoms with van der Waals surface area (Å²) < 4.78 is 0. The first-order valence-electron chi connectivity index (χ1n) is 5.10. The molecule has 1 aliphatic rings. The molecular formula is C10H18N2O3. The molecule has 0 bridgehead atoms. The summed E-state index contributed by atoms with van der Waals surface area (Å²) in [5.74, 6) is -0.221. The maximum absolute atomic E-state index is 11.4. The van der Waals surface area contributed by atoms with Crippen LogP contribution in [0.1, 0.15) is 20.8 Å². The largest absolute Gasteiger partial charge is 0.386 e. The number of aliphatic hydroxyl groups is 1. The van der Waals surface area contributed by atoms with E-state index in [4.69, 9.17) is 0 Å². The van der Waals surface area contributed by atoms with Crippen LogP contribution in [0, 0.1) is 5.92 Å². The molecule has 0 unspecified atom stereocenters. The zero-order valence-electron chi connectivity index (χ0n) is 9.41. The van der Waals surface area contributed by atoms with Crippen molar-refractivity contribution in [2.24, 2.45) is 5.92 Å². The van der Waals surface area contributed by atoms with Crippen LogP contribution >= 0.6 is 0 Å². The lowest BCUT2D eigenvalue weighted by atomic mass is 9.83. The van der Waals surface area contributed by atoms with Gasteiger partial charge in [-0.3, -0.25) is 9.59 Å². The van der Waals surface area contributed by atoms with Gasteiger partial charge in [-0.1, -0.05) is 13.8 Å². The van der Waals surface area contributed by atoms with Crippen LogP contribution in [0.3, 0.4) is 0 Å². The highest BCUT2D eigenvalue weighted by molar-refractivity contribution is 5.84. The zero-order chi connectivity index (χ0) is 11.6. The lowest BCUT2D eigenvalue weighted by Crippen LogP contribution is -2.67. The first-order valence-corrected chi connectivity index (χ1v) is 5.10. The molecule has 0 aromatic heterocycles. The Kier molecular flexibility index (Phi) is 3.34. The molecule has 5 heteroatoms. The minimum atomic E-state index is -0.744. The number of carbonyl (C=O) groups excluding carboxylic acids is 2. The number of nitrogens with zero attached hydrogens (tertiary/aromatic N) is 1. The molecule has 1 saturated heterocycles. The highest BCUT2D eigenvalue weighted by atomic mass is 16.3. The fourth-order valence-corrected chi connectivity index (χ4v) is 1.47. The number of amides is 2. The summed E-state index contributed by atoms with van der Waals surface area (Å²) in [6, 6.07) is 0. The molecule has 0 radical (unpaired) electrons. The minimum Gasteiger partial charge on any atom is -0.386 e. The summed E-state index contributed by atoms with van der Waals surface area (Å²) in [5.41, 5.74) is -0.744. The van der Waals surface area contributed by atoms with E-state index < -0.39 is 5.60 Å². The highest BCUT2D eigenvalue weighted by Gasteiger charge is 2.45. The molecule has 5 nitrogen and oxygen atoms in total. The molecule has 1 fully saturated rings. The van der Waals surface area contributed by atoms with Crippen molar-refractivity contribution >= 4 is 11.8 Å². The first kappa shape index (κ1) is 12.0. The Morgan fingerprint density at radius 2 is 2.00 bits per heavy atom. The van der Waals surface area contributed by atoms with E-state index in [1.54, 1.807) is 4.90 Å². The molecule has 0 spiro atoms. The summed E-state index contributed by atoms with van der Waals surface area (Å²) >= 11 is 0. The molecule has 0 aromatic rings. The van der Waals surface area contributed by atoms with Crippen molar-refractivity contribution in [1.29, 1.82) is 0 Å². The standard InChI is InChI=1S/C10H18N2O3/c1-7(2)10(15)5-12(6-10)9(14)4-11-8(3)13/h7,15H,4-6H2,1-3H3,(H,11,13). The van der Waals surface area contributed by atoms with Gasteiger partial charge in [-0.25, -0.2) is 0 Å². The topological polar surface area (TPSA) is 69.6 Å². The zero-order valence-corrected chi connectivity index (χ0v) is 9.41. The van der Waals surface area contributed by atoms with Gasteiger partial charge in [-0.15, -0.1) is 0 Å². The Balaban J connectivity index is 2.32. The molecule has 86 valence electrons. The Morgan fingerprint density at radius 1 is 1.47 bits per heavy atom. The number of β-amino-alcohol motifs (C(OH)–C–C–N with tert-alkyl or cyclic N) is 1. The van der Waals surface area contributed by atoms with Gasteiger partial charge in [0.2, 0.25) is 11.8 Å². The van der Waals surface area contributed by atoms with E-state index in [0.717, 1.165) is 0 Å². The smallest absolute Gasteiger partial charge is 0.242 e. The third-order valence-corrected chi connectivity index (χ3v) is 2.85. The van der Waals surface area contributed by atoms with E-state index in [-0.39, 0.29) is 24.3 Å². The van der Waals surface area contributed by atoms with Gasteiger partial charge in [0, 0.05) is 6.92 Å². The number of rotatable bonds is 3. The second-order valence-corrected chi connectivity index (χ2v) is 4.42. The van der Waals surface area contributed by atoms with Crippen LogP contribution in [-0.2, 0) is 9.59 Å². The maximum atomic E-state index is 11.4. The van der Waals surface area contributed by atoms with Gasteiger partial charge in [0.05, 0.1) is 19.6 Å². The number of nitrogens with one attached hydrogen (secondary N) is 1. The second-order valence-electron chi connectivity index (χ2n) is 4.42. The number of carbonyl (C=O) groups is 2. The molecule has 1 aliphatic heterocycles. The quantitative estimate of drug-likeness (QED) is 0.656. The van der Waals surface area contributed by atoms with Crippen LogP contribution in [-0.4, -0.2) is 47.1 Å². The van der Waals surface area contributed by atoms with Crippen molar-refractivity contribution in [1.82, 2.24) is 10.2 Å². The lowest BCUT2D eigenvalue weighted by Gasteiger charge is -2.49.